The van der Waals surface area contributed by atoms with E-state index >= 15 is 0 Å². The van der Waals surface area contributed by atoms with Crippen LogP contribution in [0.3, 0.4) is 0 Å². The van der Waals surface area contributed by atoms with Crippen molar-refractivity contribution in [1.29, 1.82) is 0 Å². The van der Waals surface area contributed by atoms with Crippen molar-refractivity contribution in [3.63, 3.8) is 0 Å². The van der Waals surface area contributed by atoms with Gasteiger partial charge in [0.1, 0.15) is 16.4 Å². The quantitative estimate of drug-likeness (QED) is 0.702. The molecule has 0 spiro atoms. The van der Waals surface area contributed by atoms with E-state index < -0.39 is 11.7 Å². The number of carbonyl (C=O) groups is 2. The maximum atomic E-state index is 12.7. The fourth-order valence-electron chi connectivity index (χ4n) is 2.56. The molecule has 0 saturated carbocycles. The first kappa shape index (κ1) is 22.1. The van der Waals surface area contributed by atoms with Crippen molar-refractivity contribution in [3.8, 4) is 0 Å². The number of nitrogens with zero attached hydrogens (tertiary/aromatic N) is 2. The van der Waals surface area contributed by atoms with Crippen molar-refractivity contribution in [2.24, 2.45) is 7.05 Å². The van der Waals surface area contributed by atoms with Crippen LogP contribution < -0.4 is 5.32 Å². The lowest BCUT2D eigenvalue weighted by atomic mass is 10.1. The van der Waals surface area contributed by atoms with Crippen LogP contribution in [0, 0.1) is 0 Å². The van der Waals surface area contributed by atoms with Gasteiger partial charge in [0, 0.05) is 19.3 Å². The van der Waals surface area contributed by atoms with Crippen LogP contribution in [0.1, 0.15) is 43.7 Å². The Balaban J connectivity index is 2.21. The van der Waals surface area contributed by atoms with Gasteiger partial charge in [-0.05, 0) is 45.4 Å². The highest BCUT2D eigenvalue weighted by atomic mass is 35.5. The first-order chi connectivity index (χ1) is 13.0. The number of para-hydroxylation sites is 1. The molecule has 6 nitrogen and oxygen atoms in total. The minimum Gasteiger partial charge on any atom is -0.444 e. The van der Waals surface area contributed by atoms with Crippen molar-refractivity contribution < 1.29 is 14.3 Å². The third-order valence-electron chi connectivity index (χ3n) is 4.01. The first-order valence-corrected chi connectivity index (χ1v) is 9.67. The zero-order chi connectivity index (χ0) is 21.1. The lowest BCUT2D eigenvalue weighted by molar-refractivity contribution is 0.0245. The molecule has 2 rings (SSSR count). The van der Waals surface area contributed by atoms with Crippen molar-refractivity contribution in [2.75, 3.05) is 11.9 Å². The zero-order valence-corrected chi connectivity index (χ0v) is 18.2. The van der Waals surface area contributed by atoms with Crippen molar-refractivity contribution in [3.05, 3.63) is 51.8 Å². The lowest BCUT2D eigenvalue weighted by Gasteiger charge is -2.27. The number of carbonyl (C=O) groups excluding carboxylic acids is 2. The summed E-state index contributed by atoms with van der Waals surface area (Å²) in [6.07, 6.45) is -0.405. The summed E-state index contributed by atoms with van der Waals surface area (Å²) in [6, 6.07) is 8.81. The molecule has 0 aliphatic rings. The third kappa shape index (κ3) is 5.42. The molecule has 1 aromatic carbocycles. The first-order valence-electron chi connectivity index (χ1n) is 8.91. The maximum absolute atomic E-state index is 12.7. The fourth-order valence-corrected chi connectivity index (χ4v) is 2.94. The van der Waals surface area contributed by atoms with E-state index in [0.717, 1.165) is 5.56 Å². The Morgan fingerprint density at radius 2 is 1.86 bits per heavy atom. The Morgan fingerprint density at radius 1 is 1.21 bits per heavy atom. The average Bonchev–Trinajstić information content (AvgIpc) is 2.86. The summed E-state index contributed by atoms with van der Waals surface area (Å²) in [4.78, 5) is 26.7. The monoisotopic (exact) mass is 425 g/mol. The van der Waals surface area contributed by atoms with Gasteiger partial charge in [-0.3, -0.25) is 4.79 Å². The van der Waals surface area contributed by atoms with E-state index in [0.29, 0.717) is 34.6 Å². The molecule has 152 valence electrons. The van der Waals surface area contributed by atoms with E-state index in [2.05, 4.69) is 5.32 Å². The lowest BCUT2D eigenvalue weighted by Crippen LogP contribution is -2.36. The van der Waals surface area contributed by atoms with Gasteiger partial charge in [0.25, 0.3) is 5.91 Å². The highest BCUT2D eigenvalue weighted by Gasteiger charge is 2.22. The summed E-state index contributed by atoms with van der Waals surface area (Å²) in [5.74, 6) is -0.343. The maximum Gasteiger partial charge on any atom is 0.410 e. The highest BCUT2D eigenvalue weighted by molar-refractivity contribution is 6.42. The largest absolute Gasteiger partial charge is 0.444 e. The van der Waals surface area contributed by atoms with Crippen LogP contribution >= 0.6 is 23.2 Å². The Kier molecular flexibility index (Phi) is 7.01. The number of halogens is 2. The summed E-state index contributed by atoms with van der Waals surface area (Å²) in [6.45, 7) is 8.12. The minimum absolute atomic E-state index is 0.294. The normalized spacial score (nSPS) is 11.2. The van der Waals surface area contributed by atoms with E-state index in [9.17, 15) is 9.59 Å². The molecule has 0 unspecified atom stereocenters. The van der Waals surface area contributed by atoms with E-state index in [1.807, 2.05) is 45.9 Å². The zero-order valence-electron chi connectivity index (χ0n) is 16.7. The number of hydrogen-bond acceptors (Lipinski definition) is 3. The van der Waals surface area contributed by atoms with Crippen LogP contribution in [-0.2, 0) is 18.3 Å². The molecule has 1 N–H and O–H groups in total. The smallest absolute Gasteiger partial charge is 0.410 e. The predicted molar refractivity (Wildman–Crippen MR) is 112 cm³/mol. The number of rotatable bonds is 5. The molecule has 0 bridgehead atoms. The molecule has 2 amide bonds. The van der Waals surface area contributed by atoms with Gasteiger partial charge in [-0.2, -0.15) is 0 Å². The fraction of sp³-hybridized carbons (Fsp3) is 0.400. The van der Waals surface area contributed by atoms with Gasteiger partial charge in [0.15, 0.2) is 0 Å². The molecule has 0 saturated heterocycles. The van der Waals surface area contributed by atoms with E-state index in [-0.39, 0.29) is 5.91 Å². The number of hydrogen-bond donors (Lipinski definition) is 1. The van der Waals surface area contributed by atoms with Crippen LogP contribution in [0.2, 0.25) is 10.2 Å². The second kappa shape index (κ2) is 8.88. The molecule has 2 aromatic rings. The number of amides is 2. The summed E-state index contributed by atoms with van der Waals surface area (Å²) < 4.78 is 6.97. The van der Waals surface area contributed by atoms with Gasteiger partial charge in [-0.25, -0.2) is 4.79 Å². The number of benzene rings is 1. The Hall–Kier alpha value is -2.18. The second-order valence-corrected chi connectivity index (χ2v) is 8.10. The molecular formula is C20H25Cl2N3O3. The van der Waals surface area contributed by atoms with E-state index in [1.165, 1.54) is 10.6 Å². The van der Waals surface area contributed by atoms with Crippen LogP contribution in [0.25, 0.3) is 0 Å². The van der Waals surface area contributed by atoms with Gasteiger partial charge < -0.3 is 19.5 Å². The molecule has 28 heavy (non-hydrogen) atoms. The number of aromatic nitrogens is 1. The van der Waals surface area contributed by atoms with Gasteiger partial charge in [0.2, 0.25) is 0 Å². The Labute approximate surface area is 175 Å². The molecule has 8 heteroatoms. The third-order valence-corrected chi connectivity index (χ3v) is 4.85. The van der Waals surface area contributed by atoms with Gasteiger partial charge in [-0.15, -0.1) is 0 Å². The molecular weight excluding hydrogens is 401 g/mol. The molecule has 0 aliphatic heterocycles. The summed E-state index contributed by atoms with van der Waals surface area (Å²) in [7, 11) is 1.66. The topological polar surface area (TPSA) is 63.6 Å². The molecule has 0 radical (unpaired) electrons. The average molecular weight is 426 g/mol. The summed E-state index contributed by atoms with van der Waals surface area (Å²) >= 11 is 12.0. The van der Waals surface area contributed by atoms with Crippen LogP contribution in [0.15, 0.2) is 30.3 Å². The molecule has 1 heterocycles. The van der Waals surface area contributed by atoms with Crippen LogP contribution in [0.4, 0.5) is 10.5 Å². The molecule has 0 aliphatic carbocycles. The van der Waals surface area contributed by atoms with Crippen molar-refractivity contribution in [2.45, 2.75) is 39.8 Å². The van der Waals surface area contributed by atoms with E-state index in [4.69, 9.17) is 27.9 Å². The molecule has 0 fully saturated rings. The van der Waals surface area contributed by atoms with Crippen LogP contribution in [0.5, 0.6) is 0 Å². The molecule has 0 atom stereocenters. The standard InChI is InChI=1S/C20H25Cl2N3O3/c1-6-25(19(27)28-20(2,3)4)12-13-9-7-8-10-15(13)23-18(26)16-11-14(21)17(22)24(16)5/h7-11H,6,12H2,1-5H3,(H,23,26). The van der Waals surface area contributed by atoms with Crippen molar-refractivity contribution in [1.82, 2.24) is 9.47 Å². The minimum atomic E-state index is -0.580. The highest BCUT2D eigenvalue weighted by Crippen LogP contribution is 2.26. The summed E-state index contributed by atoms with van der Waals surface area (Å²) in [5, 5.41) is 3.47. The Morgan fingerprint density at radius 3 is 2.39 bits per heavy atom. The van der Waals surface area contributed by atoms with E-state index in [1.54, 1.807) is 18.0 Å². The number of ether oxygens (including phenoxy) is 1. The predicted octanol–water partition coefficient (Wildman–Crippen LogP) is 5.34. The SMILES string of the molecule is CCN(Cc1ccccc1NC(=O)c1cc(Cl)c(Cl)n1C)C(=O)OC(C)(C)C. The number of nitrogens with one attached hydrogen (secondary N) is 1. The van der Waals surface area contributed by atoms with Crippen molar-refractivity contribution >= 4 is 40.9 Å². The summed E-state index contributed by atoms with van der Waals surface area (Å²) in [5.41, 5.74) is 1.14. The van der Waals surface area contributed by atoms with Crippen LogP contribution in [-0.4, -0.2) is 33.6 Å². The Bertz CT molecular complexity index is 872. The van der Waals surface area contributed by atoms with Gasteiger partial charge in [0.05, 0.1) is 11.6 Å². The van der Waals surface area contributed by atoms with Gasteiger partial charge in [-0.1, -0.05) is 41.4 Å². The number of anilines is 1. The van der Waals surface area contributed by atoms with Gasteiger partial charge >= 0.3 is 6.09 Å². The second-order valence-electron chi connectivity index (χ2n) is 7.33. The molecule has 1 aromatic heterocycles.